The first-order valence-corrected chi connectivity index (χ1v) is 6.10. The Kier molecular flexibility index (Phi) is 3.66. The summed E-state index contributed by atoms with van der Waals surface area (Å²) in [5, 5.41) is 12.1. The van der Waals surface area contributed by atoms with Gasteiger partial charge in [0.25, 0.3) is 0 Å². The minimum Gasteiger partial charge on any atom is -0.478 e. The second-order valence-electron chi connectivity index (χ2n) is 3.81. The summed E-state index contributed by atoms with van der Waals surface area (Å²) < 4.78 is 2.64. The Hall–Kier alpha value is -1.82. The van der Waals surface area contributed by atoms with Crippen molar-refractivity contribution in [3.05, 3.63) is 46.5 Å². The van der Waals surface area contributed by atoms with Crippen LogP contribution in [0.3, 0.4) is 0 Å². The maximum atomic E-state index is 10.8. The Morgan fingerprint density at radius 3 is 2.89 bits per heavy atom. The Balaban J connectivity index is 2.11. The van der Waals surface area contributed by atoms with E-state index in [1.165, 1.54) is 0 Å². The molecule has 2 aromatic rings. The molecule has 0 saturated heterocycles. The van der Waals surface area contributed by atoms with Crippen molar-refractivity contribution < 1.29 is 9.90 Å². The number of aromatic carboxylic acids is 1. The first-order chi connectivity index (χ1) is 8.58. The van der Waals surface area contributed by atoms with Gasteiger partial charge in [0.05, 0.1) is 12.1 Å². The fourth-order valence-corrected chi connectivity index (χ4v) is 2.05. The van der Waals surface area contributed by atoms with Crippen LogP contribution in [0.2, 0.25) is 0 Å². The summed E-state index contributed by atoms with van der Waals surface area (Å²) in [4.78, 5) is 15.0. The molecule has 0 aliphatic carbocycles. The lowest BCUT2D eigenvalue weighted by atomic mass is 10.2. The van der Waals surface area contributed by atoms with Crippen molar-refractivity contribution in [3.8, 4) is 0 Å². The molecule has 0 bridgehead atoms. The number of benzene rings is 1. The van der Waals surface area contributed by atoms with E-state index in [-0.39, 0.29) is 5.56 Å². The van der Waals surface area contributed by atoms with Crippen LogP contribution in [0.25, 0.3) is 0 Å². The molecule has 18 heavy (non-hydrogen) atoms. The van der Waals surface area contributed by atoms with E-state index in [0.717, 1.165) is 16.0 Å². The number of imidazole rings is 1. The number of carboxylic acids is 1. The van der Waals surface area contributed by atoms with Crippen molar-refractivity contribution in [1.82, 2.24) is 9.55 Å². The van der Waals surface area contributed by atoms with Crippen LogP contribution in [-0.2, 0) is 13.6 Å². The van der Waals surface area contributed by atoms with E-state index in [1.54, 1.807) is 24.4 Å². The summed E-state index contributed by atoms with van der Waals surface area (Å²) in [5.41, 5.74) is 1.09. The van der Waals surface area contributed by atoms with Gasteiger partial charge in [-0.15, -0.1) is 0 Å². The lowest BCUT2D eigenvalue weighted by Crippen LogP contribution is -2.06. The van der Waals surface area contributed by atoms with Crippen LogP contribution in [0.15, 0.2) is 35.1 Å². The second-order valence-corrected chi connectivity index (χ2v) is 4.66. The van der Waals surface area contributed by atoms with Crippen molar-refractivity contribution in [2.75, 3.05) is 5.32 Å². The molecule has 0 aliphatic heterocycles. The zero-order valence-electron chi connectivity index (χ0n) is 9.72. The van der Waals surface area contributed by atoms with Crippen LogP contribution in [0.4, 0.5) is 5.69 Å². The first kappa shape index (κ1) is 12.6. The molecule has 0 fully saturated rings. The summed E-state index contributed by atoms with van der Waals surface area (Å²) in [7, 11) is 1.92. The second kappa shape index (κ2) is 5.22. The van der Waals surface area contributed by atoms with Crippen molar-refractivity contribution in [2.24, 2.45) is 7.05 Å². The normalized spacial score (nSPS) is 10.3. The average Bonchev–Trinajstić information content (AvgIpc) is 2.73. The molecule has 0 unspecified atom stereocenters. The van der Waals surface area contributed by atoms with Gasteiger partial charge in [-0.25, -0.2) is 9.78 Å². The third-order valence-electron chi connectivity index (χ3n) is 2.57. The number of hydrogen-bond acceptors (Lipinski definition) is 3. The molecule has 1 aromatic carbocycles. The molecular formula is C12H12BrN3O2. The van der Waals surface area contributed by atoms with E-state index in [4.69, 9.17) is 5.11 Å². The Labute approximate surface area is 113 Å². The van der Waals surface area contributed by atoms with E-state index in [9.17, 15) is 4.79 Å². The molecule has 94 valence electrons. The highest BCUT2D eigenvalue weighted by molar-refractivity contribution is 9.10. The zero-order chi connectivity index (χ0) is 13.1. The molecule has 2 rings (SSSR count). The average molecular weight is 310 g/mol. The highest BCUT2D eigenvalue weighted by Crippen LogP contribution is 2.24. The molecule has 1 aromatic heterocycles. The Morgan fingerprint density at radius 2 is 2.33 bits per heavy atom. The van der Waals surface area contributed by atoms with Gasteiger partial charge in [-0.1, -0.05) is 0 Å². The Morgan fingerprint density at radius 1 is 1.56 bits per heavy atom. The fourth-order valence-electron chi connectivity index (χ4n) is 1.53. The van der Waals surface area contributed by atoms with Crippen LogP contribution in [0, 0.1) is 0 Å². The van der Waals surface area contributed by atoms with Gasteiger partial charge in [-0.3, -0.25) is 0 Å². The van der Waals surface area contributed by atoms with E-state index in [2.05, 4.69) is 26.2 Å². The number of carboxylic acid groups (broad SMARTS) is 1. The minimum absolute atomic E-state index is 0.254. The van der Waals surface area contributed by atoms with Gasteiger partial charge < -0.3 is 15.0 Å². The van der Waals surface area contributed by atoms with Gasteiger partial charge in [-0.2, -0.15) is 0 Å². The smallest absolute Gasteiger partial charge is 0.335 e. The summed E-state index contributed by atoms with van der Waals surface area (Å²) >= 11 is 3.35. The summed E-state index contributed by atoms with van der Waals surface area (Å²) in [6, 6.07) is 4.87. The predicted molar refractivity (Wildman–Crippen MR) is 71.6 cm³/mol. The summed E-state index contributed by atoms with van der Waals surface area (Å²) in [6.45, 7) is 0.578. The van der Waals surface area contributed by atoms with Crippen LogP contribution in [0.1, 0.15) is 16.2 Å². The molecule has 0 atom stereocenters. The predicted octanol–water partition coefficient (Wildman–Crippen LogP) is 2.49. The number of halogens is 1. The zero-order valence-corrected chi connectivity index (χ0v) is 11.3. The van der Waals surface area contributed by atoms with Gasteiger partial charge in [0.15, 0.2) is 0 Å². The largest absolute Gasteiger partial charge is 0.478 e. The number of aromatic nitrogens is 2. The Bertz CT molecular complexity index is 580. The van der Waals surface area contributed by atoms with E-state index in [0.29, 0.717) is 6.54 Å². The van der Waals surface area contributed by atoms with Gasteiger partial charge >= 0.3 is 5.97 Å². The van der Waals surface area contributed by atoms with Crippen LogP contribution in [-0.4, -0.2) is 20.6 Å². The number of hydrogen-bond donors (Lipinski definition) is 2. The van der Waals surface area contributed by atoms with Gasteiger partial charge in [0.2, 0.25) is 0 Å². The highest BCUT2D eigenvalue weighted by Gasteiger charge is 2.07. The van der Waals surface area contributed by atoms with Gasteiger partial charge in [-0.05, 0) is 34.1 Å². The van der Waals surface area contributed by atoms with Crippen molar-refractivity contribution in [2.45, 2.75) is 6.54 Å². The maximum Gasteiger partial charge on any atom is 0.335 e. The highest BCUT2D eigenvalue weighted by atomic mass is 79.9. The molecule has 0 aliphatic rings. The molecule has 6 heteroatoms. The minimum atomic E-state index is -0.939. The lowest BCUT2D eigenvalue weighted by Gasteiger charge is -2.09. The van der Waals surface area contributed by atoms with Crippen molar-refractivity contribution in [1.29, 1.82) is 0 Å². The molecule has 2 N–H and O–H groups in total. The number of rotatable bonds is 4. The third kappa shape index (κ3) is 2.70. The molecular weight excluding hydrogens is 298 g/mol. The standard InChI is InChI=1S/C12H12BrN3O2/c1-16-5-4-14-11(16)7-15-10-3-2-8(12(17)18)6-9(10)13/h2-6,15H,7H2,1H3,(H,17,18). The molecule has 5 nitrogen and oxygen atoms in total. The third-order valence-corrected chi connectivity index (χ3v) is 3.23. The molecule has 0 radical (unpaired) electrons. The summed E-state index contributed by atoms with van der Waals surface area (Å²) in [5.74, 6) is -0.0319. The number of carbonyl (C=O) groups is 1. The SMILES string of the molecule is Cn1ccnc1CNc1ccc(C(=O)O)cc1Br. The molecule has 0 spiro atoms. The quantitative estimate of drug-likeness (QED) is 0.910. The van der Waals surface area contributed by atoms with E-state index in [1.807, 2.05) is 17.8 Å². The number of nitrogens with zero attached hydrogens (tertiary/aromatic N) is 2. The molecule has 0 saturated carbocycles. The summed E-state index contributed by atoms with van der Waals surface area (Å²) in [6.07, 6.45) is 3.61. The number of aryl methyl sites for hydroxylation is 1. The van der Waals surface area contributed by atoms with Gasteiger partial charge in [0.1, 0.15) is 5.82 Å². The van der Waals surface area contributed by atoms with E-state index < -0.39 is 5.97 Å². The van der Waals surface area contributed by atoms with Crippen molar-refractivity contribution >= 4 is 27.6 Å². The lowest BCUT2D eigenvalue weighted by molar-refractivity contribution is 0.0697. The maximum absolute atomic E-state index is 10.8. The monoisotopic (exact) mass is 309 g/mol. The van der Waals surface area contributed by atoms with Gasteiger partial charge in [0, 0.05) is 29.6 Å². The van der Waals surface area contributed by atoms with Crippen LogP contribution < -0.4 is 5.32 Å². The number of anilines is 1. The molecule has 0 amide bonds. The molecule has 1 heterocycles. The van der Waals surface area contributed by atoms with Crippen LogP contribution >= 0.6 is 15.9 Å². The first-order valence-electron chi connectivity index (χ1n) is 5.31. The fraction of sp³-hybridized carbons (Fsp3) is 0.167. The number of nitrogens with one attached hydrogen (secondary N) is 1. The topological polar surface area (TPSA) is 67.2 Å². The van der Waals surface area contributed by atoms with Crippen LogP contribution in [0.5, 0.6) is 0 Å². The van der Waals surface area contributed by atoms with E-state index >= 15 is 0 Å². The van der Waals surface area contributed by atoms with Crippen molar-refractivity contribution in [3.63, 3.8) is 0 Å².